The first kappa shape index (κ1) is 16.6. The molecule has 0 aliphatic carbocycles. The van der Waals surface area contributed by atoms with Crippen molar-refractivity contribution in [3.8, 4) is 22.5 Å². The molecule has 0 atom stereocenters. The Labute approximate surface area is 153 Å². The molecule has 1 N–H and O–H groups in total. The number of fused-ring (bicyclic) bond motifs is 1. The molecule has 4 rings (SSSR count). The van der Waals surface area contributed by atoms with Gasteiger partial charge in [0.15, 0.2) is 0 Å². The molecule has 132 valence electrons. The average molecular weight is 346 g/mol. The summed E-state index contributed by atoms with van der Waals surface area (Å²) >= 11 is 0. The van der Waals surface area contributed by atoms with Crippen LogP contribution in [0.15, 0.2) is 52.9 Å². The van der Waals surface area contributed by atoms with Crippen LogP contribution in [0.5, 0.6) is 0 Å². The number of hydrogen-bond donors (Lipinski definition) is 1. The van der Waals surface area contributed by atoms with Crippen LogP contribution in [0.2, 0.25) is 0 Å². The molecule has 1 aliphatic heterocycles. The van der Waals surface area contributed by atoms with E-state index >= 15 is 0 Å². The lowest BCUT2D eigenvalue weighted by Gasteiger charge is -2.12. The summed E-state index contributed by atoms with van der Waals surface area (Å²) < 4.78 is 6.12. The number of rotatable bonds is 4. The fraction of sp³-hybridized carbons (Fsp3) is 0.227. The number of nitrogens with one attached hydrogen (secondary N) is 1. The SMILES string of the molecule is CNCc1oc(-c2ccccc2-c2cccc3c2CN(C)C3=O)cc1C. The summed E-state index contributed by atoms with van der Waals surface area (Å²) in [6, 6.07) is 16.3. The molecule has 0 bridgehead atoms. The Morgan fingerprint density at radius 3 is 2.50 bits per heavy atom. The maximum atomic E-state index is 12.4. The van der Waals surface area contributed by atoms with Crippen LogP contribution in [0.4, 0.5) is 0 Å². The lowest BCUT2D eigenvalue weighted by atomic mass is 9.92. The Morgan fingerprint density at radius 1 is 1.04 bits per heavy atom. The van der Waals surface area contributed by atoms with E-state index in [1.165, 1.54) is 0 Å². The zero-order chi connectivity index (χ0) is 18.3. The first-order valence-corrected chi connectivity index (χ1v) is 8.81. The van der Waals surface area contributed by atoms with Gasteiger partial charge in [-0.25, -0.2) is 0 Å². The summed E-state index contributed by atoms with van der Waals surface area (Å²) in [6.45, 7) is 3.41. The zero-order valence-electron chi connectivity index (χ0n) is 15.3. The Balaban J connectivity index is 1.87. The van der Waals surface area contributed by atoms with Crippen molar-refractivity contribution >= 4 is 5.91 Å². The summed E-state index contributed by atoms with van der Waals surface area (Å²) in [6.07, 6.45) is 0. The molecule has 2 heterocycles. The third-order valence-corrected chi connectivity index (χ3v) is 4.99. The quantitative estimate of drug-likeness (QED) is 0.769. The van der Waals surface area contributed by atoms with Crippen molar-refractivity contribution in [3.63, 3.8) is 0 Å². The van der Waals surface area contributed by atoms with Crippen molar-refractivity contribution in [2.24, 2.45) is 0 Å². The van der Waals surface area contributed by atoms with E-state index in [0.717, 1.165) is 44.9 Å². The Hall–Kier alpha value is -2.85. The van der Waals surface area contributed by atoms with Crippen LogP contribution in [0, 0.1) is 6.92 Å². The Morgan fingerprint density at radius 2 is 1.73 bits per heavy atom. The van der Waals surface area contributed by atoms with Gasteiger partial charge in [-0.2, -0.15) is 0 Å². The van der Waals surface area contributed by atoms with Crippen LogP contribution in [0.1, 0.15) is 27.2 Å². The van der Waals surface area contributed by atoms with Gasteiger partial charge in [-0.15, -0.1) is 0 Å². The number of amides is 1. The summed E-state index contributed by atoms with van der Waals surface area (Å²) in [4.78, 5) is 14.1. The van der Waals surface area contributed by atoms with Gasteiger partial charge in [-0.05, 0) is 48.4 Å². The minimum absolute atomic E-state index is 0.0875. The molecule has 0 radical (unpaired) electrons. The minimum atomic E-state index is 0.0875. The predicted molar refractivity (Wildman–Crippen MR) is 103 cm³/mol. The van der Waals surface area contributed by atoms with Gasteiger partial charge in [0, 0.05) is 24.7 Å². The van der Waals surface area contributed by atoms with Gasteiger partial charge in [-0.3, -0.25) is 4.79 Å². The topological polar surface area (TPSA) is 45.5 Å². The van der Waals surface area contributed by atoms with Crippen LogP contribution >= 0.6 is 0 Å². The fourth-order valence-electron chi connectivity index (χ4n) is 3.65. The smallest absolute Gasteiger partial charge is 0.254 e. The largest absolute Gasteiger partial charge is 0.459 e. The molecule has 0 spiro atoms. The summed E-state index contributed by atoms with van der Waals surface area (Å²) in [5.74, 6) is 1.90. The maximum Gasteiger partial charge on any atom is 0.254 e. The molecule has 0 saturated carbocycles. The second kappa shape index (κ2) is 6.46. The van der Waals surface area contributed by atoms with Crippen molar-refractivity contribution in [2.45, 2.75) is 20.0 Å². The molecular weight excluding hydrogens is 324 g/mol. The number of carbonyl (C=O) groups is 1. The number of benzene rings is 2. The van der Waals surface area contributed by atoms with Gasteiger partial charge in [-0.1, -0.05) is 36.4 Å². The highest BCUT2D eigenvalue weighted by atomic mass is 16.3. The molecule has 4 heteroatoms. The molecule has 26 heavy (non-hydrogen) atoms. The van der Waals surface area contributed by atoms with Gasteiger partial charge in [0.05, 0.1) is 6.54 Å². The third kappa shape index (κ3) is 2.63. The molecule has 4 nitrogen and oxygen atoms in total. The van der Waals surface area contributed by atoms with Crippen molar-refractivity contribution in [1.29, 1.82) is 0 Å². The molecule has 3 aromatic rings. The molecule has 0 saturated heterocycles. The van der Waals surface area contributed by atoms with E-state index in [9.17, 15) is 4.79 Å². The Bertz CT molecular complexity index is 988. The summed E-state index contributed by atoms with van der Waals surface area (Å²) in [5, 5.41) is 3.14. The van der Waals surface area contributed by atoms with Crippen LogP contribution in [0.3, 0.4) is 0 Å². The van der Waals surface area contributed by atoms with Crippen molar-refractivity contribution in [2.75, 3.05) is 14.1 Å². The molecule has 0 fully saturated rings. The fourth-order valence-corrected chi connectivity index (χ4v) is 3.65. The van der Waals surface area contributed by atoms with Crippen molar-refractivity contribution in [1.82, 2.24) is 10.2 Å². The van der Waals surface area contributed by atoms with E-state index in [0.29, 0.717) is 13.1 Å². The van der Waals surface area contributed by atoms with Gasteiger partial charge in [0.1, 0.15) is 11.5 Å². The Kier molecular flexibility index (Phi) is 4.13. The minimum Gasteiger partial charge on any atom is -0.459 e. The number of carbonyl (C=O) groups excluding carboxylic acids is 1. The van der Waals surface area contributed by atoms with Gasteiger partial charge in [0.25, 0.3) is 5.91 Å². The van der Waals surface area contributed by atoms with E-state index in [4.69, 9.17) is 4.42 Å². The van der Waals surface area contributed by atoms with Gasteiger partial charge < -0.3 is 14.6 Å². The maximum absolute atomic E-state index is 12.4. The monoisotopic (exact) mass is 346 g/mol. The lowest BCUT2D eigenvalue weighted by molar-refractivity contribution is 0.0816. The van der Waals surface area contributed by atoms with Gasteiger partial charge >= 0.3 is 0 Å². The van der Waals surface area contributed by atoms with Gasteiger partial charge in [0.2, 0.25) is 0 Å². The highest BCUT2D eigenvalue weighted by Crippen LogP contribution is 2.38. The highest BCUT2D eigenvalue weighted by molar-refractivity contribution is 6.01. The average Bonchev–Trinajstić information content (AvgIpc) is 3.15. The first-order valence-electron chi connectivity index (χ1n) is 8.81. The van der Waals surface area contributed by atoms with Crippen LogP contribution in [0.25, 0.3) is 22.5 Å². The molecule has 1 amide bonds. The second-order valence-electron chi connectivity index (χ2n) is 6.79. The predicted octanol–water partition coefficient (Wildman–Crippen LogP) is 4.23. The number of hydrogen-bond acceptors (Lipinski definition) is 3. The van der Waals surface area contributed by atoms with E-state index in [-0.39, 0.29) is 5.91 Å². The summed E-state index contributed by atoms with van der Waals surface area (Å²) in [7, 11) is 3.76. The molecule has 1 aromatic heterocycles. The molecule has 2 aromatic carbocycles. The van der Waals surface area contributed by atoms with E-state index in [1.807, 2.05) is 38.4 Å². The number of furan rings is 1. The molecule has 1 aliphatic rings. The van der Waals surface area contributed by atoms with Crippen LogP contribution in [-0.4, -0.2) is 24.9 Å². The third-order valence-electron chi connectivity index (χ3n) is 4.99. The number of nitrogens with zero attached hydrogens (tertiary/aromatic N) is 1. The molecular formula is C22H22N2O2. The first-order chi connectivity index (χ1) is 12.6. The summed E-state index contributed by atoms with van der Waals surface area (Å²) in [5.41, 5.74) is 6.26. The van der Waals surface area contributed by atoms with Crippen LogP contribution < -0.4 is 5.32 Å². The zero-order valence-corrected chi connectivity index (χ0v) is 15.3. The second-order valence-corrected chi connectivity index (χ2v) is 6.79. The highest BCUT2D eigenvalue weighted by Gasteiger charge is 2.27. The lowest BCUT2D eigenvalue weighted by Crippen LogP contribution is -2.17. The van der Waals surface area contributed by atoms with E-state index < -0.39 is 0 Å². The standard InChI is InChI=1S/C22H22N2O2/c1-14-11-20(26-21(14)12-23-2)17-8-5-4-7-15(17)16-9-6-10-18-19(16)13-24(3)22(18)25/h4-11,23H,12-13H2,1-3H3. The normalized spacial score (nSPS) is 13.3. The number of aryl methyl sites for hydroxylation is 1. The van der Waals surface area contributed by atoms with Crippen LogP contribution in [-0.2, 0) is 13.1 Å². The van der Waals surface area contributed by atoms with Crippen molar-refractivity contribution in [3.05, 3.63) is 71.0 Å². The van der Waals surface area contributed by atoms with Crippen molar-refractivity contribution < 1.29 is 9.21 Å². The van der Waals surface area contributed by atoms with E-state index in [2.05, 4.69) is 36.5 Å². The van der Waals surface area contributed by atoms with E-state index in [1.54, 1.807) is 4.90 Å². The molecule has 0 unspecified atom stereocenters.